The molecule has 2 aromatic rings. The van der Waals surface area contributed by atoms with E-state index in [9.17, 15) is 4.79 Å². The van der Waals surface area contributed by atoms with Gasteiger partial charge in [0.15, 0.2) is 0 Å². The van der Waals surface area contributed by atoms with Gasteiger partial charge in [-0.3, -0.25) is 4.79 Å². The van der Waals surface area contributed by atoms with Gasteiger partial charge in [0.2, 0.25) is 0 Å². The zero-order valence-electron chi connectivity index (χ0n) is 9.68. The Morgan fingerprint density at radius 2 is 2.22 bits per heavy atom. The average molecular weight is 370 g/mol. The lowest BCUT2D eigenvalue weighted by molar-refractivity contribution is 0.0955. The molecular weight excluding hydrogens is 359 g/mol. The highest BCUT2D eigenvalue weighted by Gasteiger charge is 2.03. The van der Waals surface area contributed by atoms with Gasteiger partial charge in [0.1, 0.15) is 0 Å². The van der Waals surface area contributed by atoms with E-state index in [1.165, 1.54) is 4.88 Å². The minimum Gasteiger partial charge on any atom is -0.267 e. The van der Waals surface area contributed by atoms with Gasteiger partial charge in [-0.05, 0) is 59.8 Å². The maximum absolute atomic E-state index is 11.8. The predicted octanol–water partition coefficient (Wildman–Crippen LogP) is 3.43. The van der Waals surface area contributed by atoms with Crippen molar-refractivity contribution in [3.05, 3.63) is 55.3 Å². The molecular formula is C13H11IN2OS. The minimum atomic E-state index is -0.196. The van der Waals surface area contributed by atoms with Crippen LogP contribution in [0.5, 0.6) is 0 Å². The molecule has 0 bridgehead atoms. The first-order chi connectivity index (χ1) is 8.65. The average Bonchev–Trinajstić information content (AvgIpc) is 2.75. The highest BCUT2D eigenvalue weighted by atomic mass is 127. The largest absolute Gasteiger partial charge is 0.271 e. The standard InChI is InChI=1S/C13H11IN2OS/c1-9-5-6-12(18-9)8-15-16-13(17)10-3-2-4-11(14)7-10/h2-8H,1H3,(H,16,17)/b15-8+. The van der Waals surface area contributed by atoms with Crippen LogP contribution in [0.3, 0.4) is 0 Å². The molecule has 1 amide bonds. The molecule has 0 aliphatic carbocycles. The molecule has 1 N–H and O–H groups in total. The van der Waals surface area contributed by atoms with Crippen molar-refractivity contribution >= 4 is 46.0 Å². The second-order valence-corrected chi connectivity index (χ2v) is 6.22. The van der Waals surface area contributed by atoms with Gasteiger partial charge in [0, 0.05) is 18.9 Å². The number of rotatable bonds is 3. The van der Waals surface area contributed by atoms with Crippen molar-refractivity contribution in [1.29, 1.82) is 0 Å². The Morgan fingerprint density at radius 3 is 2.89 bits per heavy atom. The molecule has 0 fully saturated rings. The Bertz CT molecular complexity index is 592. The summed E-state index contributed by atoms with van der Waals surface area (Å²) < 4.78 is 1.03. The van der Waals surface area contributed by atoms with Crippen LogP contribution in [0.1, 0.15) is 20.1 Å². The lowest BCUT2D eigenvalue weighted by Gasteiger charge is -1.99. The van der Waals surface area contributed by atoms with E-state index in [4.69, 9.17) is 0 Å². The number of benzene rings is 1. The number of nitrogens with one attached hydrogen (secondary N) is 1. The molecule has 0 spiro atoms. The van der Waals surface area contributed by atoms with Gasteiger partial charge in [-0.15, -0.1) is 11.3 Å². The third-order valence-electron chi connectivity index (χ3n) is 2.21. The van der Waals surface area contributed by atoms with Crippen LogP contribution in [-0.4, -0.2) is 12.1 Å². The van der Waals surface area contributed by atoms with Gasteiger partial charge >= 0.3 is 0 Å². The fourth-order valence-electron chi connectivity index (χ4n) is 1.37. The monoisotopic (exact) mass is 370 g/mol. The highest BCUT2D eigenvalue weighted by molar-refractivity contribution is 14.1. The van der Waals surface area contributed by atoms with Crippen LogP contribution < -0.4 is 5.43 Å². The van der Waals surface area contributed by atoms with Crippen LogP contribution in [-0.2, 0) is 0 Å². The van der Waals surface area contributed by atoms with Crippen molar-refractivity contribution in [2.45, 2.75) is 6.92 Å². The van der Waals surface area contributed by atoms with Crippen LogP contribution in [0.15, 0.2) is 41.5 Å². The number of amides is 1. The first-order valence-corrected chi connectivity index (χ1v) is 7.20. The second kappa shape index (κ2) is 6.10. The number of hydrogen-bond acceptors (Lipinski definition) is 3. The van der Waals surface area contributed by atoms with E-state index in [0.717, 1.165) is 8.45 Å². The summed E-state index contributed by atoms with van der Waals surface area (Å²) in [4.78, 5) is 14.0. The molecule has 0 aliphatic rings. The van der Waals surface area contributed by atoms with Crippen LogP contribution >= 0.6 is 33.9 Å². The number of halogens is 1. The van der Waals surface area contributed by atoms with E-state index in [-0.39, 0.29) is 5.91 Å². The van der Waals surface area contributed by atoms with Gasteiger partial charge in [0.25, 0.3) is 5.91 Å². The van der Waals surface area contributed by atoms with Gasteiger partial charge in [-0.25, -0.2) is 5.43 Å². The van der Waals surface area contributed by atoms with Crippen LogP contribution in [0.2, 0.25) is 0 Å². The number of nitrogens with zero attached hydrogens (tertiary/aromatic N) is 1. The topological polar surface area (TPSA) is 41.5 Å². The molecule has 0 saturated carbocycles. The molecule has 18 heavy (non-hydrogen) atoms. The number of carbonyl (C=O) groups excluding carboxylic acids is 1. The summed E-state index contributed by atoms with van der Waals surface area (Å²) in [6.07, 6.45) is 1.66. The number of thiophene rings is 1. The SMILES string of the molecule is Cc1ccc(/C=N/NC(=O)c2cccc(I)c2)s1. The number of hydrogen-bond donors (Lipinski definition) is 1. The van der Waals surface area contributed by atoms with E-state index < -0.39 is 0 Å². The lowest BCUT2D eigenvalue weighted by atomic mass is 10.2. The Kier molecular flexibility index (Phi) is 4.48. The van der Waals surface area contributed by atoms with Crippen molar-refractivity contribution in [3.8, 4) is 0 Å². The van der Waals surface area contributed by atoms with E-state index in [1.807, 2.05) is 37.3 Å². The summed E-state index contributed by atoms with van der Waals surface area (Å²) >= 11 is 3.81. The van der Waals surface area contributed by atoms with Crippen molar-refractivity contribution < 1.29 is 4.79 Å². The van der Waals surface area contributed by atoms with Crippen molar-refractivity contribution in [3.63, 3.8) is 0 Å². The lowest BCUT2D eigenvalue weighted by Crippen LogP contribution is -2.17. The third kappa shape index (κ3) is 3.64. The van der Waals surface area contributed by atoms with E-state index in [2.05, 4.69) is 33.1 Å². The van der Waals surface area contributed by atoms with Gasteiger partial charge in [0.05, 0.1) is 6.21 Å². The maximum Gasteiger partial charge on any atom is 0.271 e. The van der Waals surface area contributed by atoms with Gasteiger partial charge in [-0.2, -0.15) is 5.10 Å². The Labute approximate surface area is 123 Å². The summed E-state index contributed by atoms with van der Waals surface area (Å²) in [5.74, 6) is -0.196. The highest BCUT2D eigenvalue weighted by Crippen LogP contribution is 2.12. The first kappa shape index (κ1) is 13.2. The number of aryl methyl sites for hydroxylation is 1. The molecule has 0 saturated heterocycles. The summed E-state index contributed by atoms with van der Waals surface area (Å²) in [7, 11) is 0. The quantitative estimate of drug-likeness (QED) is 0.502. The molecule has 1 aromatic carbocycles. The van der Waals surface area contributed by atoms with Crippen LogP contribution in [0.4, 0.5) is 0 Å². The first-order valence-electron chi connectivity index (χ1n) is 5.30. The smallest absolute Gasteiger partial charge is 0.267 e. The van der Waals surface area contributed by atoms with E-state index >= 15 is 0 Å². The third-order valence-corrected chi connectivity index (χ3v) is 3.81. The zero-order chi connectivity index (χ0) is 13.0. The molecule has 0 unspecified atom stereocenters. The summed E-state index contributed by atoms with van der Waals surface area (Å²) in [5, 5.41) is 3.94. The summed E-state index contributed by atoms with van der Waals surface area (Å²) in [5.41, 5.74) is 3.13. The molecule has 5 heteroatoms. The zero-order valence-corrected chi connectivity index (χ0v) is 12.7. The molecule has 92 valence electrons. The Morgan fingerprint density at radius 1 is 1.39 bits per heavy atom. The Balaban J connectivity index is 1.98. The van der Waals surface area contributed by atoms with Crippen LogP contribution in [0, 0.1) is 10.5 Å². The van der Waals surface area contributed by atoms with Crippen molar-refractivity contribution in [2.24, 2.45) is 5.10 Å². The fourth-order valence-corrected chi connectivity index (χ4v) is 2.66. The normalized spacial score (nSPS) is 10.8. The van der Waals surface area contributed by atoms with Crippen molar-refractivity contribution in [2.75, 3.05) is 0 Å². The molecule has 1 heterocycles. The van der Waals surface area contributed by atoms with Crippen molar-refractivity contribution in [1.82, 2.24) is 5.43 Å². The molecule has 1 aromatic heterocycles. The summed E-state index contributed by atoms with van der Waals surface area (Å²) in [6.45, 7) is 2.03. The van der Waals surface area contributed by atoms with Gasteiger partial charge < -0.3 is 0 Å². The van der Waals surface area contributed by atoms with E-state index in [0.29, 0.717) is 5.56 Å². The molecule has 0 aliphatic heterocycles. The number of hydrazone groups is 1. The number of carbonyl (C=O) groups is 1. The molecule has 3 nitrogen and oxygen atoms in total. The van der Waals surface area contributed by atoms with Crippen LogP contribution in [0.25, 0.3) is 0 Å². The maximum atomic E-state index is 11.8. The molecule has 0 atom stereocenters. The summed E-state index contributed by atoms with van der Waals surface area (Å²) in [6, 6.07) is 11.4. The van der Waals surface area contributed by atoms with Gasteiger partial charge in [-0.1, -0.05) is 6.07 Å². The van der Waals surface area contributed by atoms with E-state index in [1.54, 1.807) is 23.6 Å². The molecule has 0 radical (unpaired) electrons. The second-order valence-electron chi connectivity index (χ2n) is 3.66. The minimum absolute atomic E-state index is 0.196. The Hall–Kier alpha value is -1.21. The predicted molar refractivity (Wildman–Crippen MR) is 83.3 cm³/mol. The molecule has 2 rings (SSSR count). The fraction of sp³-hybridized carbons (Fsp3) is 0.0769.